The fraction of sp³-hybridized carbons (Fsp3) is 0.481. The second-order valence-electron chi connectivity index (χ2n) is 11.2. The van der Waals surface area contributed by atoms with Gasteiger partial charge < -0.3 is 29.2 Å². The zero-order chi connectivity index (χ0) is 29.4. The van der Waals surface area contributed by atoms with Gasteiger partial charge in [0.1, 0.15) is 18.2 Å². The van der Waals surface area contributed by atoms with Gasteiger partial charge in [0.25, 0.3) is 0 Å². The smallest absolute Gasteiger partial charge is 0.411 e. The first kappa shape index (κ1) is 31.6. The van der Waals surface area contributed by atoms with Crippen molar-refractivity contribution in [2.24, 2.45) is 0 Å². The molecule has 0 aliphatic carbocycles. The van der Waals surface area contributed by atoms with Crippen LogP contribution in [0.3, 0.4) is 0 Å². The molecule has 3 N–H and O–H groups in total. The van der Waals surface area contributed by atoms with E-state index in [1.807, 2.05) is 0 Å². The van der Waals surface area contributed by atoms with Crippen molar-refractivity contribution in [1.29, 1.82) is 0 Å². The van der Waals surface area contributed by atoms with Crippen molar-refractivity contribution in [3.63, 3.8) is 0 Å². The van der Waals surface area contributed by atoms with E-state index in [1.54, 1.807) is 49.7 Å². The van der Waals surface area contributed by atoms with Crippen LogP contribution < -0.4 is 10.6 Å². The lowest BCUT2D eigenvalue weighted by Gasteiger charge is -2.23. The summed E-state index contributed by atoms with van der Waals surface area (Å²) in [6.45, 7) is 16.6. The largest absolute Gasteiger partial charge is 0.478 e. The lowest BCUT2D eigenvalue weighted by Crippen LogP contribution is -2.36. The molecule has 0 radical (unpaired) electrons. The van der Waals surface area contributed by atoms with Crippen molar-refractivity contribution in [2.75, 3.05) is 19.0 Å². The van der Waals surface area contributed by atoms with Crippen LogP contribution in [0.2, 0.25) is 25.7 Å². The third-order valence-corrected chi connectivity index (χ3v) is 7.10. The number of carboxylic acids is 1. The number of amides is 2. The van der Waals surface area contributed by atoms with Crippen LogP contribution in [-0.4, -0.2) is 60.2 Å². The predicted octanol–water partition coefficient (Wildman–Crippen LogP) is 5.88. The van der Waals surface area contributed by atoms with Gasteiger partial charge in [-0.1, -0.05) is 25.7 Å². The molecule has 39 heavy (non-hydrogen) atoms. The van der Waals surface area contributed by atoms with Crippen molar-refractivity contribution in [3.8, 4) is 11.3 Å². The Labute approximate surface area is 230 Å². The molecule has 1 unspecified atom stereocenters. The summed E-state index contributed by atoms with van der Waals surface area (Å²) < 4.78 is 17.7. The van der Waals surface area contributed by atoms with Gasteiger partial charge in [0.05, 0.1) is 24.4 Å². The Morgan fingerprint density at radius 2 is 1.90 bits per heavy atom. The number of carbonyl (C=O) groups excluding carboxylic acids is 2. The molecule has 1 aromatic carbocycles. The van der Waals surface area contributed by atoms with Crippen LogP contribution in [0.25, 0.3) is 11.3 Å². The van der Waals surface area contributed by atoms with Gasteiger partial charge in [-0.25, -0.2) is 19.4 Å². The van der Waals surface area contributed by atoms with Gasteiger partial charge in [-0.05, 0) is 51.4 Å². The number of rotatable bonds is 12. The molecule has 1 heterocycles. The van der Waals surface area contributed by atoms with Crippen molar-refractivity contribution < 1.29 is 33.7 Å². The van der Waals surface area contributed by atoms with E-state index in [2.05, 4.69) is 41.6 Å². The van der Waals surface area contributed by atoms with Gasteiger partial charge in [-0.2, -0.15) is 0 Å². The third kappa shape index (κ3) is 10.2. The van der Waals surface area contributed by atoms with Crippen molar-refractivity contribution in [1.82, 2.24) is 14.9 Å². The molecule has 11 nitrogen and oxygen atoms in total. The van der Waals surface area contributed by atoms with E-state index < -0.39 is 37.9 Å². The first-order valence-corrected chi connectivity index (χ1v) is 16.3. The first-order valence-electron chi connectivity index (χ1n) is 12.6. The lowest BCUT2D eigenvalue weighted by molar-refractivity contribution is 0.0491. The maximum Gasteiger partial charge on any atom is 0.411 e. The molecule has 1 aromatic heterocycles. The second kappa shape index (κ2) is 13.4. The number of benzene rings is 1. The van der Waals surface area contributed by atoms with Crippen LogP contribution in [0.4, 0.5) is 15.3 Å². The Morgan fingerprint density at radius 3 is 2.46 bits per heavy atom. The number of aromatic carboxylic acids is 1. The molecule has 214 valence electrons. The van der Waals surface area contributed by atoms with Crippen LogP contribution in [0, 0.1) is 0 Å². The molecule has 2 aromatic rings. The average molecular weight is 561 g/mol. The van der Waals surface area contributed by atoms with E-state index in [-0.39, 0.29) is 18.0 Å². The van der Waals surface area contributed by atoms with E-state index in [4.69, 9.17) is 14.5 Å². The van der Waals surface area contributed by atoms with Gasteiger partial charge in [0.15, 0.2) is 0 Å². The van der Waals surface area contributed by atoms with Crippen LogP contribution in [0.1, 0.15) is 49.4 Å². The molecule has 0 aliphatic heterocycles. The van der Waals surface area contributed by atoms with Crippen molar-refractivity contribution in [2.45, 2.75) is 71.3 Å². The molecule has 0 bridgehead atoms. The number of anilines is 1. The summed E-state index contributed by atoms with van der Waals surface area (Å²) in [6, 6.07) is 4.80. The zero-order valence-electron chi connectivity index (χ0n) is 23.8. The maximum absolute atomic E-state index is 12.6. The van der Waals surface area contributed by atoms with Crippen LogP contribution in [0.5, 0.6) is 0 Å². The topological polar surface area (TPSA) is 141 Å². The summed E-state index contributed by atoms with van der Waals surface area (Å²) in [4.78, 5) is 41.1. The monoisotopic (exact) mass is 560 g/mol. The van der Waals surface area contributed by atoms with E-state index in [1.165, 1.54) is 13.2 Å². The molecular weight excluding hydrogens is 520 g/mol. The average Bonchev–Trinajstić information content (AvgIpc) is 3.23. The molecule has 1 atom stereocenters. The minimum atomic E-state index is -1.32. The fourth-order valence-corrected chi connectivity index (χ4v) is 4.28. The molecule has 12 heteroatoms. The zero-order valence-corrected chi connectivity index (χ0v) is 24.8. The standard InChI is InChI=1S/C27H40N4O7Si/c1-9-10-21(30-26(35)38-27(2,3)4)23-29-22(16-31(23)17-37-13-14-39(6,7)8)19-12-11-18(28-25(34)36-5)15-20(19)24(32)33/h9,11-12,15-16,21H,1,10,13-14,17H2,2-8H3,(H,28,34)(H,30,35)(H,32,33). The Balaban J connectivity index is 2.51. The van der Waals surface area contributed by atoms with Gasteiger partial charge in [-0.3, -0.25) is 5.32 Å². The Kier molecular flexibility index (Phi) is 10.9. The molecule has 2 amide bonds. The predicted molar refractivity (Wildman–Crippen MR) is 152 cm³/mol. The SMILES string of the molecule is C=CCC(NC(=O)OC(C)(C)C)c1nc(-c2ccc(NC(=O)OC)cc2C(=O)O)cn1COCC[Si](C)(C)C. The van der Waals surface area contributed by atoms with Crippen LogP contribution in [-0.2, 0) is 20.9 Å². The molecule has 0 spiro atoms. The molecule has 2 rings (SSSR count). The van der Waals surface area contributed by atoms with E-state index in [9.17, 15) is 19.5 Å². The fourth-order valence-electron chi connectivity index (χ4n) is 3.52. The van der Waals surface area contributed by atoms with E-state index >= 15 is 0 Å². The molecule has 0 saturated heterocycles. The molecule has 0 fully saturated rings. The minimum absolute atomic E-state index is 0.0693. The number of imidazole rings is 1. The lowest BCUT2D eigenvalue weighted by atomic mass is 10.0. The van der Waals surface area contributed by atoms with Crippen LogP contribution in [0.15, 0.2) is 37.1 Å². The van der Waals surface area contributed by atoms with Gasteiger partial charge in [0.2, 0.25) is 0 Å². The van der Waals surface area contributed by atoms with E-state index in [0.29, 0.717) is 30.1 Å². The number of ether oxygens (including phenoxy) is 3. The van der Waals surface area contributed by atoms with Crippen molar-refractivity contribution >= 4 is 31.9 Å². The highest BCUT2D eigenvalue weighted by molar-refractivity contribution is 6.76. The van der Waals surface area contributed by atoms with E-state index in [0.717, 1.165) is 6.04 Å². The Morgan fingerprint density at radius 1 is 1.21 bits per heavy atom. The van der Waals surface area contributed by atoms with Gasteiger partial charge in [0, 0.05) is 32.1 Å². The number of aromatic nitrogens is 2. The summed E-state index contributed by atoms with van der Waals surface area (Å²) in [6.07, 6.45) is 2.35. The number of alkyl carbamates (subject to hydrolysis) is 1. The second-order valence-corrected chi connectivity index (χ2v) is 16.8. The number of carbonyl (C=O) groups is 3. The number of hydrogen-bond donors (Lipinski definition) is 3. The highest BCUT2D eigenvalue weighted by Gasteiger charge is 2.25. The number of carboxylic acid groups (broad SMARTS) is 1. The summed E-state index contributed by atoms with van der Waals surface area (Å²) in [5, 5.41) is 15.2. The molecular formula is C27H40N4O7Si. The third-order valence-electron chi connectivity index (χ3n) is 5.40. The quantitative estimate of drug-likeness (QED) is 0.166. The normalized spacial score (nSPS) is 12.4. The first-order chi connectivity index (χ1) is 18.1. The number of hydrogen-bond acceptors (Lipinski definition) is 7. The number of nitrogens with zero attached hydrogens (tertiary/aromatic N) is 2. The highest BCUT2D eigenvalue weighted by atomic mass is 28.3. The number of methoxy groups -OCH3 is 1. The van der Waals surface area contributed by atoms with Crippen LogP contribution >= 0.6 is 0 Å². The highest BCUT2D eigenvalue weighted by Crippen LogP contribution is 2.29. The Hall–Kier alpha value is -3.64. The molecule has 0 aliphatic rings. The van der Waals surface area contributed by atoms with Gasteiger partial charge >= 0.3 is 18.2 Å². The molecule has 0 saturated carbocycles. The summed E-state index contributed by atoms with van der Waals surface area (Å²) in [7, 11) is -0.102. The Bertz CT molecular complexity index is 1180. The summed E-state index contributed by atoms with van der Waals surface area (Å²) >= 11 is 0. The summed E-state index contributed by atoms with van der Waals surface area (Å²) in [5.41, 5.74) is 0.184. The van der Waals surface area contributed by atoms with Crippen molar-refractivity contribution in [3.05, 3.63) is 48.4 Å². The van der Waals surface area contributed by atoms with Gasteiger partial charge in [-0.15, -0.1) is 6.58 Å². The minimum Gasteiger partial charge on any atom is -0.478 e. The summed E-state index contributed by atoms with van der Waals surface area (Å²) in [5.74, 6) is -0.743. The maximum atomic E-state index is 12.6. The number of nitrogens with one attached hydrogen (secondary N) is 2.